The lowest BCUT2D eigenvalue weighted by molar-refractivity contribution is 0.0715. The summed E-state index contributed by atoms with van der Waals surface area (Å²) in [6, 6.07) is 7.12. The van der Waals surface area contributed by atoms with Crippen LogP contribution in [-0.4, -0.2) is 27.4 Å². The summed E-state index contributed by atoms with van der Waals surface area (Å²) in [5, 5.41) is 9.32. The van der Waals surface area contributed by atoms with Crippen molar-refractivity contribution in [1.82, 2.24) is 9.88 Å². The Morgan fingerprint density at radius 1 is 1.19 bits per heavy atom. The Kier molecular flexibility index (Phi) is 5.07. The van der Waals surface area contributed by atoms with Crippen molar-refractivity contribution in [3.8, 4) is 0 Å². The molecule has 1 atom stereocenters. The van der Waals surface area contributed by atoms with E-state index in [-0.39, 0.29) is 18.6 Å². The molecule has 1 saturated heterocycles. The van der Waals surface area contributed by atoms with E-state index in [1.807, 2.05) is 17.0 Å². The molecule has 2 aliphatic rings. The van der Waals surface area contributed by atoms with E-state index in [0.29, 0.717) is 23.9 Å². The van der Waals surface area contributed by atoms with Crippen LogP contribution in [0.1, 0.15) is 84.4 Å². The van der Waals surface area contributed by atoms with Crippen molar-refractivity contribution in [1.29, 1.82) is 0 Å². The largest absolute Gasteiger partial charge is 0.446 e. The Balaban J connectivity index is 1.53. The highest BCUT2D eigenvalue weighted by Crippen LogP contribution is 2.36. The molecule has 2 heterocycles. The average molecular weight is 354 g/mol. The number of carbonyl (C=O) groups is 1. The second kappa shape index (κ2) is 7.62. The number of nitrogens with zero attached hydrogens (tertiary/aromatic N) is 2. The van der Waals surface area contributed by atoms with Gasteiger partial charge in [0, 0.05) is 18.0 Å². The van der Waals surface area contributed by atoms with Gasteiger partial charge in [-0.2, -0.15) is 0 Å². The Bertz CT molecular complexity index is 764. The first kappa shape index (κ1) is 17.3. The van der Waals surface area contributed by atoms with Gasteiger partial charge in [0.05, 0.1) is 12.3 Å². The van der Waals surface area contributed by atoms with E-state index in [0.717, 1.165) is 24.1 Å². The highest BCUT2D eigenvalue weighted by molar-refractivity contribution is 5.94. The zero-order chi connectivity index (χ0) is 17.9. The number of likely N-dealkylation sites (tertiary alicyclic amines) is 1. The molecule has 0 spiro atoms. The minimum absolute atomic E-state index is 0.0137. The molecule has 5 heteroatoms. The molecule has 2 fully saturated rings. The first-order chi connectivity index (χ1) is 12.8. The zero-order valence-electron chi connectivity index (χ0n) is 15.1. The summed E-state index contributed by atoms with van der Waals surface area (Å²) in [7, 11) is 0. The van der Waals surface area contributed by atoms with Gasteiger partial charge in [-0.05, 0) is 43.4 Å². The van der Waals surface area contributed by atoms with E-state index in [4.69, 9.17) is 9.40 Å². The third-order valence-electron chi connectivity index (χ3n) is 5.72. The van der Waals surface area contributed by atoms with Crippen LogP contribution in [0.3, 0.4) is 0 Å². The fraction of sp³-hybridized carbons (Fsp3) is 0.524. The first-order valence-corrected chi connectivity index (χ1v) is 9.72. The predicted octanol–water partition coefficient (Wildman–Crippen LogP) is 4.19. The summed E-state index contributed by atoms with van der Waals surface area (Å²) in [6.45, 7) is 0.656. The van der Waals surface area contributed by atoms with Crippen molar-refractivity contribution < 1.29 is 14.3 Å². The van der Waals surface area contributed by atoms with Gasteiger partial charge < -0.3 is 14.4 Å². The van der Waals surface area contributed by atoms with Gasteiger partial charge in [-0.25, -0.2) is 4.98 Å². The standard InChI is InChI=1S/C21H26N2O3/c24-13-15-6-4-9-17(12-15)21(25)23-11-5-10-19(23)20-22-18(14-26-20)16-7-2-1-3-8-16/h4,6,9,12,14,16,19,24H,1-3,5,7-8,10-11,13H2. The number of benzene rings is 1. The van der Waals surface area contributed by atoms with Crippen LogP contribution < -0.4 is 0 Å². The van der Waals surface area contributed by atoms with Crippen molar-refractivity contribution in [3.05, 3.63) is 53.2 Å². The summed E-state index contributed by atoms with van der Waals surface area (Å²) in [5.41, 5.74) is 2.42. The molecule has 138 valence electrons. The number of rotatable bonds is 4. The summed E-state index contributed by atoms with van der Waals surface area (Å²) in [6.07, 6.45) is 9.87. The minimum Gasteiger partial charge on any atom is -0.446 e. The molecule has 1 amide bonds. The number of oxazole rings is 1. The third kappa shape index (κ3) is 3.40. The van der Waals surface area contributed by atoms with E-state index in [9.17, 15) is 9.90 Å². The smallest absolute Gasteiger partial charge is 0.254 e. The predicted molar refractivity (Wildman–Crippen MR) is 97.7 cm³/mol. The topological polar surface area (TPSA) is 66.6 Å². The highest BCUT2D eigenvalue weighted by atomic mass is 16.3. The van der Waals surface area contributed by atoms with Gasteiger partial charge >= 0.3 is 0 Å². The second-order valence-electron chi connectivity index (χ2n) is 7.46. The van der Waals surface area contributed by atoms with Gasteiger partial charge in [0.1, 0.15) is 12.3 Å². The van der Waals surface area contributed by atoms with Crippen LogP contribution in [0.4, 0.5) is 0 Å². The average Bonchev–Trinajstić information content (AvgIpc) is 3.37. The van der Waals surface area contributed by atoms with Gasteiger partial charge in [0.25, 0.3) is 5.91 Å². The van der Waals surface area contributed by atoms with Crippen molar-refractivity contribution in [3.63, 3.8) is 0 Å². The second-order valence-corrected chi connectivity index (χ2v) is 7.46. The highest BCUT2D eigenvalue weighted by Gasteiger charge is 2.34. The molecule has 1 aliphatic carbocycles. The fourth-order valence-corrected chi connectivity index (χ4v) is 4.27. The molecule has 1 N–H and O–H groups in total. The van der Waals surface area contributed by atoms with Crippen molar-refractivity contribution >= 4 is 5.91 Å². The van der Waals surface area contributed by atoms with Crippen molar-refractivity contribution in [2.75, 3.05) is 6.54 Å². The monoisotopic (exact) mass is 354 g/mol. The van der Waals surface area contributed by atoms with Gasteiger partial charge in [-0.15, -0.1) is 0 Å². The van der Waals surface area contributed by atoms with Crippen molar-refractivity contribution in [2.24, 2.45) is 0 Å². The first-order valence-electron chi connectivity index (χ1n) is 9.72. The summed E-state index contributed by atoms with van der Waals surface area (Å²) in [4.78, 5) is 19.6. The quantitative estimate of drug-likeness (QED) is 0.894. The fourth-order valence-electron chi connectivity index (χ4n) is 4.27. The van der Waals surface area contributed by atoms with E-state index < -0.39 is 0 Å². The lowest BCUT2D eigenvalue weighted by atomic mass is 9.87. The molecular formula is C21H26N2O3. The molecule has 1 saturated carbocycles. The Morgan fingerprint density at radius 3 is 2.85 bits per heavy atom. The molecule has 1 aromatic heterocycles. The number of hydrogen-bond donors (Lipinski definition) is 1. The number of aromatic nitrogens is 1. The van der Waals surface area contributed by atoms with Gasteiger partial charge in [0.2, 0.25) is 5.89 Å². The maximum Gasteiger partial charge on any atom is 0.254 e. The Labute approximate surface area is 154 Å². The molecule has 0 radical (unpaired) electrons. The zero-order valence-corrected chi connectivity index (χ0v) is 15.1. The van der Waals surface area contributed by atoms with E-state index >= 15 is 0 Å². The molecular weight excluding hydrogens is 328 g/mol. The van der Waals surface area contributed by atoms with Crippen LogP contribution in [-0.2, 0) is 6.61 Å². The lowest BCUT2D eigenvalue weighted by Crippen LogP contribution is -2.30. The molecule has 1 aromatic carbocycles. The van der Waals surface area contributed by atoms with E-state index in [1.54, 1.807) is 18.4 Å². The van der Waals surface area contributed by atoms with E-state index in [2.05, 4.69) is 0 Å². The van der Waals surface area contributed by atoms with Crippen LogP contribution in [0.25, 0.3) is 0 Å². The Hall–Kier alpha value is -2.14. The summed E-state index contributed by atoms with van der Waals surface area (Å²) >= 11 is 0. The Morgan fingerprint density at radius 2 is 2.04 bits per heavy atom. The molecule has 5 nitrogen and oxygen atoms in total. The number of aliphatic hydroxyl groups excluding tert-OH is 1. The summed E-state index contributed by atoms with van der Waals surface area (Å²) in [5.74, 6) is 1.17. The molecule has 26 heavy (non-hydrogen) atoms. The number of aliphatic hydroxyl groups is 1. The van der Waals surface area contributed by atoms with Gasteiger partial charge in [0.15, 0.2) is 0 Å². The molecule has 4 rings (SSSR count). The van der Waals surface area contributed by atoms with Crippen LogP contribution in [0.15, 0.2) is 34.9 Å². The van der Waals surface area contributed by atoms with Crippen molar-refractivity contribution in [2.45, 2.75) is 63.5 Å². The van der Waals surface area contributed by atoms with Gasteiger partial charge in [-0.1, -0.05) is 31.4 Å². The maximum atomic E-state index is 13.0. The molecule has 0 bridgehead atoms. The number of hydrogen-bond acceptors (Lipinski definition) is 4. The third-order valence-corrected chi connectivity index (χ3v) is 5.72. The summed E-state index contributed by atoms with van der Waals surface area (Å²) < 4.78 is 5.82. The SMILES string of the molecule is O=C(c1cccc(CO)c1)N1CCCC1c1nc(C2CCCCC2)co1. The minimum atomic E-state index is -0.0855. The lowest BCUT2D eigenvalue weighted by Gasteiger charge is -2.23. The van der Waals surface area contributed by atoms with Crippen LogP contribution in [0.2, 0.25) is 0 Å². The van der Waals surface area contributed by atoms with E-state index in [1.165, 1.54) is 32.1 Å². The van der Waals surface area contributed by atoms with Crippen LogP contribution >= 0.6 is 0 Å². The molecule has 1 unspecified atom stereocenters. The van der Waals surface area contributed by atoms with Crippen LogP contribution in [0.5, 0.6) is 0 Å². The maximum absolute atomic E-state index is 13.0. The number of carbonyl (C=O) groups excluding carboxylic acids is 1. The normalized spacial score (nSPS) is 21.3. The van der Waals surface area contributed by atoms with Gasteiger partial charge in [-0.3, -0.25) is 4.79 Å². The molecule has 2 aromatic rings. The molecule has 1 aliphatic heterocycles. The van der Waals surface area contributed by atoms with Crippen LogP contribution in [0, 0.1) is 0 Å². The number of amides is 1.